The molecule has 0 spiro atoms. The fourth-order valence-electron chi connectivity index (χ4n) is 1.29. The third-order valence-corrected chi connectivity index (χ3v) is 3.52. The van der Waals surface area contributed by atoms with Crippen LogP contribution in [-0.4, -0.2) is 30.7 Å². The van der Waals surface area contributed by atoms with Crippen LogP contribution >= 0.6 is 0 Å². The lowest BCUT2D eigenvalue weighted by Gasteiger charge is -2.10. The summed E-state index contributed by atoms with van der Waals surface area (Å²) in [5.74, 6) is -0.716. The third kappa shape index (κ3) is 4.82. The summed E-state index contributed by atoms with van der Waals surface area (Å²) >= 11 is 0. The van der Waals surface area contributed by atoms with Crippen molar-refractivity contribution < 1.29 is 22.5 Å². The third-order valence-electron chi connectivity index (χ3n) is 2.32. The van der Waals surface area contributed by atoms with E-state index in [9.17, 15) is 13.2 Å². The summed E-state index contributed by atoms with van der Waals surface area (Å²) in [6, 6.07) is 8.97. The van der Waals surface area contributed by atoms with Crippen molar-refractivity contribution in [2.24, 2.45) is 5.73 Å². The van der Waals surface area contributed by atoms with E-state index in [0.29, 0.717) is 0 Å². The molecule has 3 N–H and O–H groups in total. The Labute approximate surface area is 105 Å². The number of rotatable bonds is 6. The summed E-state index contributed by atoms with van der Waals surface area (Å²) < 4.78 is 35.4. The molecule has 100 valence electrons. The average molecular weight is 273 g/mol. The van der Waals surface area contributed by atoms with Gasteiger partial charge in [0.1, 0.15) is 11.9 Å². The summed E-state index contributed by atoms with van der Waals surface area (Å²) in [6.07, 6.45) is -0.456. The van der Waals surface area contributed by atoms with Gasteiger partial charge in [-0.05, 0) is 5.56 Å². The molecule has 1 rings (SSSR count). The van der Waals surface area contributed by atoms with E-state index in [1.54, 1.807) is 24.3 Å². The molecule has 0 fully saturated rings. The van der Waals surface area contributed by atoms with Crippen LogP contribution in [0.1, 0.15) is 12.0 Å². The molecule has 1 aromatic carbocycles. The van der Waals surface area contributed by atoms with Gasteiger partial charge in [-0.1, -0.05) is 30.3 Å². The van der Waals surface area contributed by atoms with Crippen molar-refractivity contribution in [2.45, 2.75) is 18.3 Å². The van der Waals surface area contributed by atoms with Crippen LogP contribution in [0.3, 0.4) is 0 Å². The number of ether oxygens (including phenoxy) is 1. The highest BCUT2D eigenvalue weighted by molar-refractivity contribution is 7.86. The normalized spacial score (nSPS) is 13.0. The van der Waals surface area contributed by atoms with Gasteiger partial charge in [-0.25, -0.2) is 0 Å². The van der Waals surface area contributed by atoms with E-state index >= 15 is 0 Å². The lowest BCUT2D eigenvalue weighted by molar-refractivity contribution is -0.145. The summed E-state index contributed by atoms with van der Waals surface area (Å²) in [4.78, 5) is 11.4. The number of carbonyl (C=O) groups excluding carboxylic acids is 1. The first-order chi connectivity index (χ1) is 8.43. The quantitative estimate of drug-likeness (QED) is 0.571. The molecule has 6 nitrogen and oxygen atoms in total. The van der Waals surface area contributed by atoms with E-state index in [1.807, 2.05) is 6.07 Å². The van der Waals surface area contributed by atoms with Crippen molar-refractivity contribution in [1.29, 1.82) is 0 Å². The van der Waals surface area contributed by atoms with Gasteiger partial charge in [0, 0.05) is 6.54 Å². The Morgan fingerprint density at radius 1 is 1.33 bits per heavy atom. The SMILES string of the molecule is NCC(CC(=O)OCc1ccccc1)S(=O)(=O)O. The van der Waals surface area contributed by atoms with Gasteiger partial charge < -0.3 is 10.5 Å². The molecular weight excluding hydrogens is 258 g/mol. The Morgan fingerprint density at radius 2 is 1.94 bits per heavy atom. The Bertz CT molecular complexity index is 485. The number of carbonyl (C=O) groups is 1. The molecule has 0 radical (unpaired) electrons. The molecule has 0 aliphatic carbocycles. The van der Waals surface area contributed by atoms with Crippen molar-refractivity contribution in [3.63, 3.8) is 0 Å². The Morgan fingerprint density at radius 3 is 2.44 bits per heavy atom. The fraction of sp³-hybridized carbons (Fsp3) is 0.364. The first kappa shape index (κ1) is 14.6. The van der Waals surface area contributed by atoms with Gasteiger partial charge in [-0.15, -0.1) is 0 Å². The molecular formula is C11H15NO5S. The topological polar surface area (TPSA) is 107 Å². The second kappa shape index (κ2) is 6.48. The van der Waals surface area contributed by atoms with Gasteiger partial charge in [-0.2, -0.15) is 8.42 Å². The first-order valence-corrected chi connectivity index (χ1v) is 6.79. The minimum absolute atomic E-state index is 0.0580. The Kier molecular flexibility index (Phi) is 5.26. The van der Waals surface area contributed by atoms with Crippen LogP contribution in [-0.2, 0) is 26.3 Å². The highest BCUT2D eigenvalue weighted by Crippen LogP contribution is 2.06. The zero-order chi connectivity index (χ0) is 13.6. The standard InChI is InChI=1S/C11H15NO5S/c12-7-10(18(14,15)16)6-11(13)17-8-9-4-2-1-3-5-9/h1-5,10H,6-8,12H2,(H,14,15,16). The molecule has 18 heavy (non-hydrogen) atoms. The first-order valence-electron chi connectivity index (χ1n) is 5.29. The van der Waals surface area contributed by atoms with E-state index in [4.69, 9.17) is 15.0 Å². The lowest BCUT2D eigenvalue weighted by Crippen LogP contribution is -2.32. The van der Waals surface area contributed by atoms with Gasteiger partial charge in [0.15, 0.2) is 0 Å². The molecule has 0 heterocycles. The van der Waals surface area contributed by atoms with Crippen LogP contribution in [0.4, 0.5) is 0 Å². The average Bonchev–Trinajstić information content (AvgIpc) is 2.33. The van der Waals surface area contributed by atoms with Crippen LogP contribution < -0.4 is 5.73 Å². The minimum Gasteiger partial charge on any atom is -0.461 e. The van der Waals surface area contributed by atoms with Crippen molar-refractivity contribution in [3.8, 4) is 0 Å². The highest BCUT2D eigenvalue weighted by atomic mass is 32.2. The van der Waals surface area contributed by atoms with Crippen LogP contribution in [0.25, 0.3) is 0 Å². The molecule has 0 saturated carbocycles. The van der Waals surface area contributed by atoms with Crippen LogP contribution in [0.5, 0.6) is 0 Å². The predicted molar refractivity (Wildman–Crippen MR) is 65.2 cm³/mol. The number of hydrogen-bond donors (Lipinski definition) is 2. The van der Waals surface area contributed by atoms with Crippen molar-refractivity contribution in [2.75, 3.05) is 6.54 Å². The zero-order valence-corrected chi connectivity index (χ0v) is 10.5. The molecule has 0 amide bonds. The van der Waals surface area contributed by atoms with Crippen molar-refractivity contribution in [1.82, 2.24) is 0 Å². The number of nitrogens with two attached hydrogens (primary N) is 1. The largest absolute Gasteiger partial charge is 0.461 e. The summed E-state index contributed by atoms with van der Waals surface area (Å²) in [5, 5.41) is -1.32. The molecule has 0 aromatic heterocycles. The van der Waals surface area contributed by atoms with E-state index in [-0.39, 0.29) is 13.2 Å². The van der Waals surface area contributed by atoms with Crippen molar-refractivity contribution >= 4 is 16.1 Å². The van der Waals surface area contributed by atoms with Crippen LogP contribution in [0.2, 0.25) is 0 Å². The summed E-state index contributed by atoms with van der Waals surface area (Å²) in [5.41, 5.74) is 5.96. The van der Waals surface area contributed by atoms with E-state index in [1.165, 1.54) is 0 Å². The molecule has 0 aliphatic rings. The molecule has 1 unspecified atom stereocenters. The summed E-state index contributed by atoms with van der Waals surface area (Å²) in [7, 11) is -4.32. The van der Waals surface area contributed by atoms with Gasteiger partial charge in [0.25, 0.3) is 10.1 Å². The van der Waals surface area contributed by atoms with E-state index in [2.05, 4.69) is 0 Å². The van der Waals surface area contributed by atoms with Crippen LogP contribution in [0.15, 0.2) is 30.3 Å². The molecule has 0 bridgehead atoms. The molecule has 1 atom stereocenters. The molecule has 0 saturated heterocycles. The number of hydrogen-bond acceptors (Lipinski definition) is 5. The van der Waals surface area contributed by atoms with E-state index in [0.717, 1.165) is 5.56 Å². The monoisotopic (exact) mass is 273 g/mol. The highest BCUT2D eigenvalue weighted by Gasteiger charge is 2.25. The van der Waals surface area contributed by atoms with Crippen LogP contribution in [0, 0.1) is 0 Å². The van der Waals surface area contributed by atoms with Gasteiger partial charge in [0.2, 0.25) is 0 Å². The molecule has 7 heteroatoms. The maximum atomic E-state index is 11.4. The predicted octanol–water partition coefficient (Wildman–Crippen LogP) is 0.335. The van der Waals surface area contributed by atoms with Gasteiger partial charge in [0.05, 0.1) is 6.42 Å². The Balaban J connectivity index is 2.47. The van der Waals surface area contributed by atoms with Crippen molar-refractivity contribution in [3.05, 3.63) is 35.9 Å². The lowest BCUT2D eigenvalue weighted by atomic mass is 10.2. The maximum Gasteiger partial charge on any atom is 0.307 e. The number of benzene rings is 1. The smallest absolute Gasteiger partial charge is 0.307 e. The zero-order valence-electron chi connectivity index (χ0n) is 9.65. The molecule has 1 aromatic rings. The van der Waals surface area contributed by atoms with Gasteiger partial charge >= 0.3 is 5.97 Å². The number of esters is 1. The second-order valence-electron chi connectivity index (χ2n) is 3.72. The van der Waals surface area contributed by atoms with Gasteiger partial charge in [-0.3, -0.25) is 9.35 Å². The Hall–Kier alpha value is -1.44. The fourth-order valence-corrected chi connectivity index (χ4v) is 1.88. The summed E-state index contributed by atoms with van der Waals surface area (Å²) in [6.45, 7) is -0.276. The molecule has 0 aliphatic heterocycles. The minimum atomic E-state index is -4.32. The van der Waals surface area contributed by atoms with E-state index < -0.39 is 27.8 Å². The maximum absolute atomic E-state index is 11.4. The second-order valence-corrected chi connectivity index (χ2v) is 5.42.